The fourth-order valence-corrected chi connectivity index (χ4v) is 2.92. The Hall–Kier alpha value is -3.54. The van der Waals surface area contributed by atoms with Gasteiger partial charge in [-0.1, -0.05) is 23.9 Å². The Kier molecular flexibility index (Phi) is 5.58. The summed E-state index contributed by atoms with van der Waals surface area (Å²) in [6.07, 6.45) is 0. The Bertz CT molecular complexity index is 949. The van der Waals surface area contributed by atoms with E-state index in [1.807, 2.05) is 12.1 Å². The second-order valence-electron chi connectivity index (χ2n) is 4.73. The lowest BCUT2D eigenvalue weighted by atomic mass is 9.96. The number of aromatic amines is 1. The second-order valence-corrected chi connectivity index (χ2v) is 5.72. The van der Waals surface area contributed by atoms with Crippen molar-refractivity contribution in [1.29, 1.82) is 15.8 Å². The SMILES string of the molecule is COC(=O)c1ccc(-c2c(C#N)c(N)[nH+]c(SCC#N)c2C#N)cc1. The van der Waals surface area contributed by atoms with Crippen LogP contribution in [0.4, 0.5) is 5.82 Å². The number of nitrogens with zero attached hydrogens (tertiary/aromatic N) is 3. The molecule has 0 unspecified atom stereocenters. The Morgan fingerprint density at radius 2 is 1.84 bits per heavy atom. The molecule has 0 spiro atoms. The molecule has 0 aliphatic carbocycles. The molecule has 1 aromatic heterocycles. The van der Waals surface area contributed by atoms with Crippen molar-refractivity contribution in [3.05, 3.63) is 41.0 Å². The van der Waals surface area contributed by atoms with Gasteiger partial charge in [-0.3, -0.25) is 5.73 Å². The number of pyridine rings is 1. The van der Waals surface area contributed by atoms with Gasteiger partial charge in [0.2, 0.25) is 0 Å². The third-order valence-electron chi connectivity index (χ3n) is 3.34. The number of nitriles is 3. The fourth-order valence-electron chi connectivity index (χ4n) is 2.24. The molecule has 0 bridgehead atoms. The first kappa shape index (κ1) is 17.8. The van der Waals surface area contributed by atoms with Crippen LogP contribution in [0.5, 0.6) is 0 Å². The van der Waals surface area contributed by atoms with Gasteiger partial charge in [0.1, 0.15) is 23.3 Å². The molecule has 0 aliphatic heterocycles. The molecule has 1 aromatic carbocycles. The van der Waals surface area contributed by atoms with Crippen molar-refractivity contribution in [2.75, 3.05) is 18.6 Å². The highest BCUT2D eigenvalue weighted by Gasteiger charge is 2.23. The van der Waals surface area contributed by atoms with Gasteiger partial charge in [-0.05, 0) is 17.7 Å². The van der Waals surface area contributed by atoms with Crippen LogP contribution in [-0.4, -0.2) is 18.8 Å². The van der Waals surface area contributed by atoms with Crippen molar-refractivity contribution in [3.8, 4) is 29.3 Å². The highest BCUT2D eigenvalue weighted by molar-refractivity contribution is 7.99. The summed E-state index contributed by atoms with van der Waals surface area (Å²) in [5.74, 6) is -0.259. The van der Waals surface area contributed by atoms with Crippen LogP contribution in [-0.2, 0) is 4.74 Å². The van der Waals surface area contributed by atoms with Crippen LogP contribution in [0.2, 0.25) is 0 Å². The Balaban J connectivity index is 2.69. The smallest absolute Gasteiger partial charge is 0.337 e. The molecule has 122 valence electrons. The number of nitrogens with one attached hydrogen (secondary N) is 1. The van der Waals surface area contributed by atoms with Gasteiger partial charge in [-0.25, -0.2) is 9.78 Å². The third-order valence-corrected chi connectivity index (χ3v) is 4.21. The van der Waals surface area contributed by atoms with Gasteiger partial charge in [0.15, 0.2) is 5.03 Å². The van der Waals surface area contributed by atoms with E-state index < -0.39 is 5.97 Å². The van der Waals surface area contributed by atoms with Gasteiger partial charge >= 0.3 is 5.97 Å². The van der Waals surface area contributed by atoms with E-state index in [4.69, 9.17) is 11.0 Å². The molecule has 7 nitrogen and oxygen atoms in total. The normalized spacial score (nSPS) is 9.52. The van der Waals surface area contributed by atoms with Gasteiger partial charge in [0.05, 0.1) is 24.5 Å². The van der Waals surface area contributed by atoms with Crippen molar-refractivity contribution in [3.63, 3.8) is 0 Å². The van der Waals surface area contributed by atoms with Crippen LogP contribution in [0.25, 0.3) is 11.1 Å². The van der Waals surface area contributed by atoms with Crippen molar-refractivity contribution in [1.82, 2.24) is 0 Å². The largest absolute Gasteiger partial charge is 0.465 e. The lowest BCUT2D eigenvalue weighted by Crippen LogP contribution is -2.18. The number of hydrogen-bond acceptors (Lipinski definition) is 7. The minimum absolute atomic E-state index is 0.106. The molecule has 8 heteroatoms. The van der Waals surface area contributed by atoms with E-state index in [-0.39, 0.29) is 22.7 Å². The van der Waals surface area contributed by atoms with E-state index in [1.54, 1.807) is 24.3 Å². The highest BCUT2D eigenvalue weighted by Crippen LogP contribution is 2.33. The number of rotatable bonds is 4. The quantitative estimate of drug-likeness (QED) is 0.656. The summed E-state index contributed by atoms with van der Waals surface area (Å²) in [5, 5.41) is 28.2. The molecule has 0 saturated carbocycles. The summed E-state index contributed by atoms with van der Waals surface area (Å²) < 4.78 is 4.65. The summed E-state index contributed by atoms with van der Waals surface area (Å²) in [4.78, 5) is 14.3. The average molecular weight is 350 g/mol. The molecule has 3 N–H and O–H groups in total. The number of aromatic nitrogens is 1. The van der Waals surface area contributed by atoms with Gasteiger partial charge < -0.3 is 4.74 Å². The maximum Gasteiger partial charge on any atom is 0.337 e. The molecule has 2 aromatic rings. The lowest BCUT2D eigenvalue weighted by Gasteiger charge is -2.10. The van der Waals surface area contributed by atoms with Gasteiger partial charge in [0, 0.05) is 5.56 Å². The van der Waals surface area contributed by atoms with Crippen molar-refractivity contribution >= 4 is 23.5 Å². The summed E-state index contributed by atoms with van der Waals surface area (Å²) in [7, 11) is 1.28. The number of carbonyl (C=O) groups is 1. The molecule has 2 rings (SSSR count). The van der Waals surface area contributed by atoms with Crippen LogP contribution in [0.15, 0.2) is 29.3 Å². The van der Waals surface area contributed by atoms with Crippen molar-refractivity contribution in [2.45, 2.75) is 5.03 Å². The summed E-state index contributed by atoms with van der Waals surface area (Å²) in [5.41, 5.74) is 7.52. The number of benzene rings is 1. The Labute approximate surface area is 148 Å². The number of nitrogen functional groups attached to an aromatic ring is 1. The molecule has 0 saturated heterocycles. The Morgan fingerprint density at radius 3 is 2.36 bits per heavy atom. The van der Waals surface area contributed by atoms with Crippen molar-refractivity contribution < 1.29 is 14.5 Å². The van der Waals surface area contributed by atoms with Crippen molar-refractivity contribution in [2.24, 2.45) is 0 Å². The predicted molar refractivity (Wildman–Crippen MR) is 90.0 cm³/mol. The number of hydrogen-bond donors (Lipinski definition) is 1. The topological polar surface area (TPSA) is 138 Å². The standard InChI is InChI=1S/C17H11N5O2S/c1-24-17(23)11-4-2-10(3-5-11)14-12(8-19)15(21)22-16(13(14)9-20)25-7-6-18/h2-5H,7H2,1H3,(H2,21,22)/p+1. The monoisotopic (exact) mass is 350 g/mol. The fraction of sp³-hybridized carbons (Fsp3) is 0.118. The zero-order valence-corrected chi connectivity index (χ0v) is 14.0. The zero-order valence-electron chi connectivity index (χ0n) is 13.2. The zero-order chi connectivity index (χ0) is 18.4. The molecule has 0 aliphatic rings. The predicted octanol–water partition coefficient (Wildman–Crippen LogP) is 1.90. The van der Waals surface area contributed by atoms with E-state index >= 15 is 0 Å². The van der Waals surface area contributed by atoms with E-state index in [0.29, 0.717) is 21.7 Å². The van der Waals surface area contributed by atoms with E-state index in [0.717, 1.165) is 11.8 Å². The first-order chi connectivity index (χ1) is 12.1. The number of esters is 1. The Morgan fingerprint density at radius 1 is 1.20 bits per heavy atom. The van der Waals surface area contributed by atoms with E-state index in [2.05, 4.69) is 15.8 Å². The van der Waals surface area contributed by atoms with Gasteiger partial charge in [0.25, 0.3) is 5.82 Å². The number of thioether (sulfide) groups is 1. The van der Waals surface area contributed by atoms with Crippen LogP contribution in [0.3, 0.4) is 0 Å². The molecule has 0 atom stereocenters. The maximum absolute atomic E-state index is 11.5. The molecule has 1 heterocycles. The third kappa shape index (κ3) is 3.53. The molecule has 0 fully saturated rings. The highest BCUT2D eigenvalue weighted by atomic mass is 32.2. The van der Waals surface area contributed by atoms with E-state index in [1.165, 1.54) is 7.11 Å². The van der Waals surface area contributed by atoms with Gasteiger partial charge in [-0.15, -0.1) is 0 Å². The minimum Gasteiger partial charge on any atom is -0.465 e. The number of methoxy groups -OCH3 is 1. The molecular weight excluding hydrogens is 338 g/mol. The second kappa shape index (κ2) is 7.83. The lowest BCUT2D eigenvalue weighted by molar-refractivity contribution is -0.410. The first-order valence-corrected chi connectivity index (χ1v) is 7.93. The number of ether oxygens (including phenoxy) is 1. The molecule has 0 radical (unpaired) electrons. The van der Waals surface area contributed by atoms with Gasteiger partial charge in [-0.2, -0.15) is 15.8 Å². The van der Waals surface area contributed by atoms with Crippen LogP contribution in [0, 0.1) is 34.0 Å². The number of anilines is 1. The van der Waals surface area contributed by atoms with E-state index in [9.17, 15) is 15.3 Å². The molecule has 25 heavy (non-hydrogen) atoms. The number of H-pyrrole nitrogens is 1. The molecular formula is C17H12N5O2S+. The van der Waals surface area contributed by atoms with Crippen LogP contribution < -0.4 is 10.7 Å². The summed E-state index contributed by atoms with van der Waals surface area (Å²) in [6, 6.07) is 12.3. The number of carbonyl (C=O) groups excluding carboxylic acids is 1. The summed E-state index contributed by atoms with van der Waals surface area (Å²) in [6.45, 7) is 0. The summed E-state index contributed by atoms with van der Waals surface area (Å²) >= 11 is 1.12. The van der Waals surface area contributed by atoms with Crippen LogP contribution in [0.1, 0.15) is 21.5 Å². The first-order valence-electron chi connectivity index (χ1n) is 6.94. The average Bonchev–Trinajstić information content (AvgIpc) is 2.65. The molecule has 0 amide bonds. The maximum atomic E-state index is 11.5. The van der Waals surface area contributed by atoms with Crippen LogP contribution >= 0.6 is 11.8 Å². The minimum atomic E-state index is -0.487. The number of nitrogens with two attached hydrogens (primary N) is 1.